The van der Waals surface area contributed by atoms with Crippen molar-refractivity contribution in [1.82, 2.24) is 0 Å². The number of ether oxygens (including phenoxy) is 4. The Balaban J connectivity index is 1.17. The molecule has 48 heavy (non-hydrogen) atoms. The lowest BCUT2D eigenvalue weighted by molar-refractivity contribution is -0.304. The maximum atomic E-state index is 17.6. The maximum absolute atomic E-state index is 17.6. The lowest BCUT2D eigenvalue weighted by Gasteiger charge is -2.63. The van der Waals surface area contributed by atoms with Crippen molar-refractivity contribution in [3.8, 4) is 0 Å². The first-order valence-electron chi connectivity index (χ1n) is 18.3. The minimum atomic E-state index is -3.13. The van der Waals surface area contributed by atoms with Crippen molar-refractivity contribution in [2.24, 2.45) is 50.7 Å². The first-order chi connectivity index (χ1) is 22.1. The van der Waals surface area contributed by atoms with Gasteiger partial charge in [0.1, 0.15) is 24.4 Å². The fourth-order valence-corrected chi connectivity index (χ4v) is 13.6. The molecule has 9 nitrogen and oxygen atoms in total. The molecule has 5 unspecified atom stereocenters. The van der Waals surface area contributed by atoms with E-state index in [1.807, 2.05) is 13.8 Å². The molecule has 4 N–H and O–H groups in total. The summed E-state index contributed by atoms with van der Waals surface area (Å²) < 4.78 is 59.1. The van der Waals surface area contributed by atoms with Crippen molar-refractivity contribution >= 4 is 5.97 Å². The summed E-state index contributed by atoms with van der Waals surface area (Å²) in [4.78, 5) is 12.0. The summed E-state index contributed by atoms with van der Waals surface area (Å²) in [5, 5.41) is 41.7. The van der Waals surface area contributed by atoms with Crippen LogP contribution in [0.5, 0.6) is 0 Å². The van der Waals surface area contributed by atoms with E-state index in [4.69, 9.17) is 18.9 Å². The zero-order chi connectivity index (χ0) is 35.2. The van der Waals surface area contributed by atoms with Crippen LogP contribution in [-0.4, -0.2) is 93.5 Å². The number of hydrogen-bond donors (Lipinski definition) is 4. The lowest BCUT2D eigenvalue weighted by Crippen LogP contribution is -2.62. The Morgan fingerprint density at radius 2 is 1.60 bits per heavy atom. The quantitative estimate of drug-likeness (QED) is 0.242. The van der Waals surface area contributed by atoms with Crippen LogP contribution in [0.4, 0.5) is 8.78 Å². The van der Waals surface area contributed by atoms with Gasteiger partial charge in [0.25, 0.3) is 5.92 Å². The molecule has 2 spiro atoms. The van der Waals surface area contributed by atoms with Crippen LogP contribution >= 0.6 is 0 Å². The third-order valence-electron chi connectivity index (χ3n) is 15.9. The minimum Gasteiger partial charge on any atom is -0.457 e. The highest BCUT2D eigenvalue weighted by Crippen LogP contribution is 2.90. The van der Waals surface area contributed by atoms with Crippen molar-refractivity contribution in [3.05, 3.63) is 0 Å². The summed E-state index contributed by atoms with van der Waals surface area (Å²) in [6, 6.07) is 0. The van der Waals surface area contributed by atoms with Crippen LogP contribution in [0.15, 0.2) is 0 Å². The van der Waals surface area contributed by atoms with Gasteiger partial charge in [0, 0.05) is 12.3 Å². The van der Waals surface area contributed by atoms with E-state index in [0.29, 0.717) is 25.7 Å². The number of carbonyl (C=O) groups excluding carboxylic acids is 1. The Kier molecular flexibility index (Phi) is 7.97. The zero-order valence-electron chi connectivity index (χ0n) is 29.9. The van der Waals surface area contributed by atoms with E-state index in [2.05, 4.69) is 20.8 Å². The SMILES string of the molecule is CC(=O)OC([C@H]1CC(C)C2C(O1)C(F)(F)[C@@]1(C)[C@@H]3CC[C@H]4C(C)(C)[C@@H](OC5OC[C@@H](O)[C@H](O)[C@H]5O)CC[C@@]45C[C@@]35CC[C@]21C)C(C)(C)O. The molecule has 0 radical (unpaired) electrons. The molecular weight excluding hydrogens is 626 g/mol. The predicted octanol–water partition coefficient (Wildman–Crippen LogP) is 4.60. The molecule has 16 atom stereocenters. The summed E-state index contributed by atoms with van der Waals surface area (Å²) in [5.41, 5.74) is -3.99. The molecule has 7 aliphatic rings. The molecule has 0 bridgehead atoms. The molecule has 5 aliphatic carbocycles. The van der Waals surface area contributed by atoms with Crippen LogP contribution in [-0.2, 0) is 23.7 Å². The van der Waals surface area contributed by atoms with Gasteiger partial charge in [-0.15, -0.1) is 0 Å². The standard InChI is InChI=1S/C37H58F2O9/c1-18-15-21(28(32(5,6)44)46-19(2)40)47-29-25(18)33(7)13-14-36-17-35(36)12-11-24(48-30-27(43)26(42)20(41)16-45-30)31(3,4)22(35)9-10-23(36)34(33,8)37(29,38)39/h18,20-30,41-44H,9-17H2,1-8H3/t18?,20-,21-,22+,23+,24+,25?,26+,27-,28?,29?,30?,33-,34+,35-,36+/m1/s1. The highest BCUT2D eigenvalue weighted by atomic mass is 19.3. The molecule has 0 aromatic rings. The summed E-state index contributed by atoms with van der Waals surface area (Å²) in [6.07, 6.45) is -2.37. The molecule has 274 valence electrons. The monoisotopic (exact) mass is 684 g/mol. The fourth-order valence-electron chi connectivity index (χ4n) is 13.6. The van der Waals surface area contributed by atoms with E-state index < -0.39 is 71.2 Å². The van der Waals surface area contributed by atoms with E-state index in [-0.39, 0.29) is 52.6 Å². The third kappa shape index (κ3) is 4.39. The van der Waals surface area contributed by atoms with Gasteiger partial charge < -0.3 is 39.4 Å². The summed E-state index contributed by atoms with van der Waals surface area (Å²) in [6.45, 7) is 14.6. The third-order valence-corrected chi connectivity index (χ3v) is 15.9. The van der Waals surface area contributed by atoms with Crippen LogP contribution in [0.1, 0.15) is 107 Å². The highest BCUT2D eigenvalue weighted by Gasteiger charge is 2.88. The number of aliphatic hydroxyl groups excluding tert-OH is 3. The van der Waals surface area contributed by atoms with Crippen molar-refractivity contribution in [2.45, 2.75) is 167 Å². The Morgan fingerprint density at radius 3 is 2.25 bits per heavy atom. The van der Waals surface area contributed by atoms with E-state index in [0.717, 1.165) is 25.7 Å². The Labute approximate surface area is 283 Å². The van der Waals surface area contributed by atoms with Gasteiger partial charge in [-0.3, -0.25) is 4.79 Å². The Bertz CT molecular complexity index is 1300. The van der Waals surface area contributed by atoms with Crippen LogP contribution < -0.4 is 0 Å². The highest BCUT2D eigenvalue weighted by molar-refractivity contribution is 5.66. The summed E-state index contributed by atoms with van der Waals surface area (Å²) in [7, 11) is 0. The van der Waals surface area contributed by atoms with Crippen LogP contribution in [0.3, 0.4) is 0 Å². The summed E-state index contributed by atoms with van der Waals surface area (Å²) in [5.74, 6) is -4.13. The summed E-state index contributed by atoms with van der Waals surface area (Å²) >= 11 is 0. The van der Waals surface area contributed by atoms with Gasteiger partial charge in [-0.2, -0.15) is 0 Å². The second-order valence-electron chi connectivity index (χ2n) is 18.7. The van der Waals surface area contributed by atoms with E-state index in [1.54, 1.807) is 0 Å². The molecule has 2 aliphatic heterocycles. The zero-order valence-corrected chi connectivity index (χ0v) is 29.9. The van der Waals surface area contributed by atoms with Gasteiger partial charge in [-0.25, -0.2) is 8.78 Å². The van der Waals surface area contributed by atoms with Crippen LogP contribution in [0, 0.1) is 50.7 Å². The number of aliphatic hydroxyl groups is 4. The molecule has 7 rings (SSSR count). The number of fused-ring (bicyclic) bond motifs is 4. The smallest absolute Gasteiger partial charge is 0.303 e. The number of halogens is 2. The number of hydrogen-bond acceptors (Lipinski definition) is 9. The number of alkyl halides is 2. The molecule has 11 heteroatoms. The largest absolute Gasteiger partial charge is 0.457 e. The fraction of sp³-hybridized carbons (Fsp3) is 0.973. The van der Waals surface area contributed by atoms with Gasteiger partial charge in [0.15, 0.2) is 12.4 Å². The van der Waals surface area contributed by atoms with E-state index in [1.165, 1.54) is 20.8 Å². The van der Waals surface area contributed by atoms with Crippen molar-refractivity contribution in [1.29, 1.82) is 0 Å². The van der Waals surface area contributed by atoms with Gasteiger partial charge in [-0.05, 0) is 111 Å². The first kappa shape index (κ1) is 35.5. The number of rotatable bonds is 5. The average Bonchev–Trinajstić information content (AvgIpc) is 3.62. The molecule has 0 aromatic heterocycles. The second kappa shape index (κ2) is 10.8. The van der Waals surface area contributed by atoms with E-state index >= 15 is 8.78 Å². The molecule has 0 amide bonds. The molecule has 2 saturated heterocycles. The Morgan fingerprint density at radius 1 is 0.958 bits per heavy atom. The molecular formula is C37H58F2O9. The molecule has 2 heterocycles. The van der Waals surface area contributed by atoms with Gasteiger partial charge >= 0.3 is 5.97 Å². The minimum absolute atomic E-state index is 0.0639. The predicted molar refractivity (Wildman–Crippen MR) is 170 cm³/mol. The average molecular weight is 685 g/mol. The van der Waals surface area contributed by atoms with Crippen molar-refractivity contribution < 1.29 is 52.9 Å². The normalized spacial score (nSPS) is 54.1. The van der Waals surface area contributed by atoms with Gasteiger partial charge in [-0.1, -0.05) is 34.6 Å². The molecule has 7 fully saturated rings. The number of carbonyl (C=O) groups is 1. The van der Waals surface area contributed by atoms with Gasteiger partial charge in [0.05, 0.1) is 24.4 Å². The van der Waals surface area contributed by atoms with E-state index in [9.17, 15) is 25.2 Å². The van der Waals surface area contributed by atoms with Crippen LogP contribution in [0.2, 0.25) is 0 Å². The molecule has 5 saturated carbocycles. The Hall–Kier alpha value is -0.950. The van der Waals surface area contributed by atoms with Gasteiger partial charge in [0.2, 0.25) is 0 Å². The van der Waals surface area contributed by atoms with Crippen molar-refractivity contribution in [3.63, 3.8) is 0 Å². The number of esters is 1. The molecule has 0 aromatic carbocycles. The van der Waals surface area contributed by atoms with Crippen LogP contribution in [0.25, 0.3) is 0 Å². The first-order valence-corrected chi connectivity index (χ1v) is 18.3. The lowest BCUT2D eigenvalue weighted by atomic mass is 9.41. The van der Waals surface area contributed by atoms with Crippen molar-refractivity contribution in [2.75, 3.05) is 6.61 Å². The second-order valence-corrected chi connectivity index (χ2v) is 18.7. The topological polar surface area (TPSA) is 135 Å². The maximum Gasteiger partial charge on any atom is 0.303 e.